The molecule has 0 spiro atoms. The van der Waals surface area contributed by atoms with Gasteiger partial charge in [-0.25, -0.2) is 0 Å². The van der Waals surface area contributed by atoms with Crippen molar-refractivity contribution in [2.45, 2.75) is 243 Å². The van der Waals surface area contributed by atoms with E-state index < -0.39 is 0 Å². The summed E-state index contributed by atoms with van der Waals surface area (Å²) in [5, 5.41) is 0. The highest BCUT2D eigenvalue weighted by Gasteiger charge is 2.22. The third kappa shape index (κ3) is 26.5. The molecule has 8 heteroatoms. The van der Waals surface area contributed by atoms with Crippen molar-refractivity contribution in [2.75, 3.05) is 46.4 Å². The summed E-state index contributed by atoms with van der Waals surface area (Å²) in [4.78, 5) is 0. The Morgan fingerprint density at radius 1 is 0.200 bits per heavy atom. The van der Waals surface area contributed by atoms with Crippen molar-refractivity contribution in [3.8, 4) is 0 Å². The summed E-state index contributed by atoms with van der Waals surface area (Å²) >= 11 is 0. The fraction of sp³-hybridized carbons (Fsp3) is 1.00. The minimum absolute atomic E-state index is 0.281. The molecule has 6 aliphatic heterocycles. The van der Waals surface area contributed by atoms with Crippen LogP contribution < -0.4 is 0 Å². The Morgan fingerprint density at radius 2 is 0.450 bits per heavy atom. The van der Waals surface area contributed by atoms with Crippen LogP contribution in [-0.2, 0) is 37.9 Å². The maximum atomic E-state index is 5.39. The number of hydrogen-bond donors (Lipinski definition) is 0. The Labute approximate surface area is 373 Å². The molecular formula is C52H104O8. The minimum Gasteiger partial charge on any atom is -0.378 e. The zero-order chi connectivity index (χ0) is 45.0. The van der Waals surface area contributed by atoms with Crippen molar-refractivity contribution < 1.29 is 37.9 Å². The van der Waals surface area contributed by atoms with Gasteiger partial charge in [0.1, 0.15) is 6.79 Å². The summed E-state index contributed by atoms with van der Waals surface area (Å²) in [6.07, 6.45) is 21.2. The highest BCUT2D eigenvalue weighted by atomic mass is 16.7. The predicted octanol–water partition coefficient (Wildman–Crippen LogP) is 13.4. The first kappa shape index (κ1) is 57.7. The van der Waals surface area contributed by atoms with Gasteiger partial charge in [-0.15, -0.1) is 0 Å². The molecule has 0 N–H and O–H groups in total. The Balaban J connectivity index is 0.000000343. The highest BCUT2D eigenvalue weighted by molar-refractivity contribution is 4.71. The molecular weight excluding hydrogens is 753 g/mol. The van der Waals surface area contributed by atoms with Gasteiger partial charge in [-0.05, 0) is 141 Å². The summed E-state index contributed by atoms with van der Waals surface area (Å²) in [5.41, 5.74) is 0. The molecule has 0 aromatic carbocycles. The van der Waals surface area contributed by atoms with Gasteiger partial charge in [-0.2, -0.15) is 0 Å². The van der Waals surface area contributed by atoms with Crippen LogP contribution in [0.25, 0.3) is 0 Å². The average molecular weight is 857 g/mol. The molecule has 0 radical (unpaired) electrons. The first-order valence-electron chi connectivity index (χ1n) is 25.4. The maximum Gasteiger partial charge on any atom is 0.147 e. The van der Waals surface area contributed by atoms with E-state index in [0.29, 0.717) is 43.4 Å². The van der Waals surface area contributed by atoms with Crippen molar-refractivity contribution in [2.24, 2.45) is 47.3 Å². The maximum absolute atomic E-state index is 5.39. The fourth-order valence-corrected chi connectivity index (χ4v) is 7.92. The van der Waals surface area contributed by atoms with E-state index in [1.54, 1.807) is 0 Å². The van der Waals surface area contributed by atoms with E-state index in [2.05, 4.69) is 83.1 Å². The third-order valence-electron chi connectivity index (χ3n) is 15.1. The molecule has 60 heavy (non-hydrogen) atoms. The second-order valence-corrected chi connectivity index (χ2v) is 20.2. The Kier molecular flexibility index (Phi) is 32.8. The van der Waals surface area contributed by atoms with E-state index in [-0.39, 0.29) is 12.2 Å². The first-order valence-corrected chi connectivity index (χ1v) is 25.4. The lowest BCUT2D eigenvalue weighted by atomic mass is 9.82. The summed E-state index contributed by atoms with van der Waals surface area (Å²) in [6.45, 7) is 41.0. The zero-order valence-electron chi connectivity index (χ0n) is 42.6. The van der Waals surface area contributed by atoms with Crippen LogP contribution >= 0.6 is 0 Å². The van der Waals surface area contributed by atoms with Crippen LogP contribution in [0.1, 0.15) is 194 Å². The average Bonchev–Trinajstić information content (AvgIpc) is 4.02. The summed E-state index contributed by atoms with van der Waals surface area (Å²) < 4.78 is 41.9. The van der Waals surface area contributed by atoms with E-state index in [9.17, 15) is 0 Å². The quantitative estimate of drug-likeness (QED) is 0.239. The largest absolute Gasteiger partial charge is 0.378 e. The van der Waals surface area contributed by atoms with Crippen LogP contribution in [-0.4, -0.2) is 95.3 Å². The van der Waals surface area contributed by atoms with Crippen molar-refractivity contribution in [1.29, 1.82) is 0 Å². The molecule has 8 fully saturated rings. The van der Waals surface area contributed by atoms with Crippen LogP contribution in [0, 0.1) is 47.3 Å². The lowest BCUT2D eigenvalue weighted by molar-refractivity contribution is -0.124. The number of ether oxygens (including phenoxy) is 8. The fourth-order valence-electron chi connectivity index (χ4n) is 7.92. The normalized spacial score (nSPS) is 40.8. The van der Waals surface area contributed by atoms with Crippen LogP contribution in [0.15, 0.2) is 0 Å². The molecule has 0 bridgehead atoms. The Bertz CT molecular complexity index is 760. The lowest BCUT2D eigenvalue weighted by Gasteiger charge is -2.25. The summed E-state index contributed by atoms with van der Waals surface area (Å²) in [7, 11) is 0. The molecule has 16 atom stereocenters. The first-order chi connectivity index (χ1) is 28.4. The van der Waals surface area contributed by atoms with Crippen molar-refractivity contribution in [3.63, 3.8) is 0 Å². The van der Waals surface area contributed by atoms with Gasteiger partial charge in [0.05, 0.1) is 62.0 Å². The molecule has 6 saturated heterocycles. The summed E-state index contributed by atoms with van der Waals surface area (Å²) in [6, 6.07) is 0. The van der Waals surface area contributed by atoms with Gasteiger partial charge in [0.15, 0.2) is 0 Å². The smallest absolute Gasteiger partial charge is 0.147 e. The summed E-state index contributed by atoms with van der Waals surface area (Å²) in [5.74, 6) is 7.18. The van der Waals surface area contributed by atoms with Crippen LogP contribution in [0.5, 0.6) is 0 Å². The highest BCUT2D eigenvalue weighted by Crippen LogP contribution is 2.30. The van der Waals surface area contributed by atoms with Crippen LogP contribution in [0.4, 0.5) is 0 Å². The topological polar surface area (TPSA) is 73.8 Å². The second-order valence-electron chi connectivity index (χ2n) is 20.2. The molecule has 2 aliphatic carbocycles. The van der Waals surface area contributed by atoms with Gasteiger partial charge < -0.3 is 37.9 Å². The standard InChI is InChI=1S/C8H16.2C7H14O.C7H14.C6H12O2.2C6H12O.C5H10O2/c1-7-5-3-4-6-8(7)2;2*1-6-4-3-5-8-7(6)2;1-6-4-3-5-7(6)2;1-5-6(2)8-4-3-7-5;2*1-5-3-4-7-6(5)2;1-4-5(2)7-3-6-4/h7-8H,3-6H2,1-2H3;2*6-7H,3-5H2,1-2H3;6-7H,3-5H2,1-2H3;5-6H,3-4H2,1-2H3;2*5-6H,3-4H2,1-2H3;4-5H,3H2,1-2H3. The van der Waals surface area contributed by atoms with E-state index in [1.165, 1.54) is 83.5 Å². The molecule has 8 rings (SSSR count). The van der Waals surface area contributed by atoms with Gasteiger partial charge in [-0.1, -0.05) is 100 Å². The second kappa shape index (κ2) is 34.1. The predicted molar refractivity (Wildman–Crippen MR) is 252 cm³/mol. The van der Waals surface area contributed by atoms with Crippen molar-refractivity contribution >= 4 is 0 Å². The Hall–Kier alpha value is -0.320. The minimum atomic E-state index is 0.281. The number of hydrogen-bond acceptors (Lipinski definition) is 8. The monoisotopic (exact) mass is 857 g/mol. The number of rotatable bonds is 0. The molecule has 6 heterocycles. The molecule has 8 aliphatic rings. The zero-order valence-corrected chi connectivity index (χ0v) is 42.6. The molecule has 0 amide bonds. The molecule has 8 nitrogen and oxygen atoms in total. The molecule has 2 saturated carbocycles. The lowest BCUT2D eigenvalue weighted by Crippen LogP contribution is -2.33. The van der Waals surface area contributed by atoms with E-state index in [0.717, 1.165) is 87.0 Å². The van der Waals surface area contributed by atoms with E-state index in [4.69, 9.17) is 37.9 Å². The van der Waals surface area contributed by atoms with Gasteiger partial charge in [0.2, 0.25) is 0 Å². The molecule has 0 aromatic heterocycles. The molecule has 0 aromatic rings. The third-order valence-corrected chi connectivity index (χ3v) is 15.1. The van der Waals surface area contributed by atoms with E-state index >= 15 is 0 Å². The van der Waals surface area contributed by atoms with Crippen LogP contribution in [0.3, 0.4) is 0 Å². The van der Waals surface area contributed by atoms with E-state index in [1.807, 2.05) is 27.7 Å². The molecule has 360 valence electrons. The van der Waals surface area contributed by atoms with Crippen molar-refractivity contribution in [1.82, 2.24) is 0 Å². The van der Waals surface area contributed by atoms with Gasteiger partial charge in [0.25, 0.3) is 0 Å². The van der Waals surface area contributed by atoms with Gasteiger partial charge >= 0.3 is 0 Å². The van der Waals surface area contributed by atoms with Crippen molar-refractivity contribution in [3.05, 3.63) is 0 Å². The Morgan fingerprint density at radius 3 is 0.617 bits per heavy atom. The molecule has 16 unspecified atom stereocenters. The van der Waals surface area contributed by atoms with Crippen LogP contribution in [0.2, 0.25) is 0 Å². The van der Waals surface area contributed by atoms with Gasteiger partial charge in [0, 0.05) is 26.4 Å². The van der Waals surface area contributed by atoms with Gasteiger partial charge in [-0.3, -0.25) is 0 Å². The SMILES string of the molecule is CC1CCCC1C.CC1CCCCC1C.CC1CCCOC1C.CC1CCCOC1C.CC1CCOC1C.CC1CCOC1C.CC1OCCOC1C.CC1OCOC1C.